The van der Waals surface area contributed by atoms with Gasteiger partial charge in [-0.2, -0.15) is 0 Å². The first-order valence-corrected chi connectivity index (χ1v) is 11.2. The average Bonchev–Trinajstić information content (AvgIpc) is 3.37. The van der Waals surface area contributed by atoms with E-state index < -0.39 is 19.1 Å². The van der Waals surface area contributed by atoms with E-state index >= 15 is 0 Å². The molecule has 2 aliphatic rings. The van der Waals surface area contributed by atoms with Crippen molar-refractivity contribution in [1.82, 2.24) is 34.5 Å². The normalized spacial score (nSPS) is 22.0. The van der Waals surface area contributed by atoms with E-state index in [0.717, 1.165) is 23.2 Å². The zero-order valence-corrected chi connectivity index (χ0v) is 18.2. The van der Waals surface area contributed by atoms with Crippen molar-refractivity contribution >= 4 is 22.5 Å². The van der Waals surface area contributed by atoms with Gasteiger partial charge in [0.2, 0.25) is 5.95 Å². The van der Waals surface area contributed by atoms with Gasteiger partial charge in [0.1, 0.15) is 18.2 Å². The molecule has 0 radical (unpaired) electrons. The lowest BCUT2D eigenvalue weighted by Crippen LogP contribution is -2.57. The lowest BCUT2D eigenvalue weighted by molar-refractivity contribution is -0.0794. The summed E-state index contributed by atoms with van der Waals surface area (Å²) in [5, 5.41) is 15.4. The molecule has 0 bridgehead atoms. The van der Waals surface area contributed by atoms with Crippen molar-refractivity contribution in [2.24, 2.45) is 0 Å². The Hall–Kier alpha value is -3.25. The second-order valence-corrected chi connectivity index (χ2v) is 8.75. The van der Waals surface area contributed by atoms with Gasteiger partial charge in [0, 0.05) is 24.8 Å². The van der Waals surface area contributed by atoms with E-state index in [0.29, 0.717) is 49.2 Å². The third-order valence-electron chi connectivity index (χ3n) is 6.58. The van der Waals surface area contributed by atoms with Gasteiger partial charge in [0.05, 0.1) is 42.5 Å². The van der Waals surface area contributed by atoms with Crippen LogP contribution >= 0.6 is 0 Å². The second-order valence-electron chi connectivity index (χ2n) is 8.75. The lowest BCUT2D eigenvalue weighted by atomic mass is 10.0. The summed E-state index contributed by atoms with van der Waals surface area (Å²) in [5.74, 6) is 0.359. The highest BCUT2D eigenvalue weighted by atomic mass is 19.3. The predicted octanol–water partition coefficient (Wildman–Crippen LogP) is 2.63. The Labute approximate surface area is 192 Å². The van der Waals surface area contributed by atoms with Crippen molar-refractivity contribution in [1.29, 1.82) is 0 Å². The number of ether oxygens (including phenoxy) is 1. The quantitative estimate of drug-likeness (QED) is 0.462. The van der Waals surface area contributed by atoms with Gasteiger partial charge >= 0.3 is 0 Å². The van der Waals surface area contributed by atoms with Crippen LogP contribution in [-0.4, -0.2) is 85.5 Å². The molecule has 34 heavy (non-hydrogen) atoms. The van der Waals surface area contributed by atoms with E-state index in [1.807, 2.05) is 12.1 Å². The van der Waals surface area contributed by atoms with E-state index in [9.17, 15) is 13.2 Å². The highest BCUT2D eigenvalue weighted by molar-refractivity contribution is 5.87. The summed E-state index contributed by atoms with van der Waals surface area (Å²) in [6, 6.07) is 7.26. The maximum absolute atomic E-state index is 14.8. The van der Waals surface area contributed by atoms with Crippen LogP contribution in [-0.2, 0) is 11.3 Å². The van der Waals surface area contributed by atoms with Crippen molar-refractivity contribution in [3.8, 4) is 11.1 Å². The molecule has 2 fully saturated rings. The Balaban J connectivity index is 1.22. The first kappa shape index (κ1) is 21.3. The fourth-order valence-electron chi connectivity index (χ4n) is 4.63. The topological polar surface area (TPSA) is 85.4 Å². The average molecular weight is 472 g/mol. The van der Waals surface area contributed by atoms with Gasteiger partial charge in [-0.3, -0.25) is 4.90 Å². The third-order valence-corrected chi connectivity index (χ3v) is 6.58. The molecule has 2 saturated heterocycles. The molecule has 1 aromatic carbocycles. The number of anilines is 1. The van der Waals surface area contributed by atoms with Crippen molar-refractivity contribution in [3.63, 3.8) is 0 Å². The molecule has 4 aromatic rings. The maximum Gasteiger partial charge on any atom is 0.258 e. The second kappa shape index (κ2) is 8.51. The predicted molar refractivity (Wildman–Crippen MR) is 119 cm³/mol. The molecule has 1 N–H and O–H groups in total. The minimum Gasteiger partial charge on any atom is -0.378 e. The summed E-state index contributed by atoms with van der Waals surface area (Å²) in [6.07, 6.45) is 0.593. The maximum atomic E-state index is 14.8. The molecule has 178 valence electrons. The number of aromatic nitrogens is 6. The van der Waals surface area contributed by atoms with Crippen molar-refractivity contribution in [2.75, 3.05) is 31.6 Å². The van der Waals surface area contributed by atoms with Crippen LogP contribution in [0.5, 0.6) is 0 Å². The van der Waals surface area contributed by atoms with Crippen LogP contribution in [0.3, 0.4) is 0 Å². The Morgan fingerprint density at radius 3 is 2.82 bits per heavy atom. The highest BCUT2D eigenvalue weighted by Gasteiger charge is 2.35. The van der Waals surface area contributed by atoms with E-state index in [2.05, 4.69) is 30.6 Å². The molecule has 12 heteroatoms. The molecule has 0 amide bonds. The number of halogens is 3. The van der Waals surface area contributed by atoms with Crippen LogP contribution < -0.4 is 5.32 Å². The molecule has 3 aromatic heterocycles. The first-order valence-electron chi connectivity index (χ1n) is 11.2. The Morgan fingerprint density at radius 1 is 1.18 bits per heavy atom. The number of fused-ring (bicyclic) bond motifs is 2. The zero-order valence-electron chi connectivity index (χ0n) is 18.2. The van der Waals surface area contributed by atoms with Crippen LogP contribution in [0.15, 0.2) is 36.7 Å². The molecule has 0 unspecified atom stereocenters. The molecule has 9 nitrogen and oxygen atoms in total. The molecular formula is C22H23F3N8O. The molecule has 0 saturated carbocycles. The zero-order chi connectivity index (χ0) is 23.2. The van der Waals surface area contributed by atoms with Crippen molar-refractivity contribution < 1.29 is 17.9 Å². The van der Waals surface area contributed by atoms with Gasteiger partial charge in [-0.1, -0.05) is 11.3 Å². The summed E-state index contributed by atoms with van der Waals surface area (Å²) in [6.45, 7) is 2.03. The summed E-state index contributed by atoms with van der Waals surface area (Å²) < 4.78 is 48.6. The molecule has 2 aliphatic heterocycles. The Morgan fingerprint density at radius 2 is 2.06 bits per heavy atom. The third kappa shape index (κ3) is 3.86. The number of benzene rings is 1. The fourth-order valence-corrected chi connectivity index (χ4v) is 4.63. The molecule has 5 heterocycles. The fraction of sp³-hybridized carbons (Fsp3) is 0.455. The Bertz CT molecular complexity index is 1320. The SMILES string of the molecule is FC(F)Cn1nnc2ccc(-c3ccn4nc(N[C@H]5CCN(C6COC6)C[C@H]5F)ncc34)cc21. The standard InChI is InChI=1S/C22H23F3N8O/c23-16-9-31(14-11-34-12-14)5-4-17(16)27-22-26-8-20-15(3-6-32(20)29-22)13-1-2-18-19(7-13)33(30-28-18)10-21(24)25/h1-3,6-8,14,16-17,21H,4-5,9-12H2,(H,27,29)/t16-,17+/m1/s1. The van der Waals surface area contributed by atoms with E-state index in [4.69, 9.17) is 4.74 Å². The van der Waals surface area contributed by atoms with Crippen LogP contribution in [0, 0.1) is 0 Å². The van der Waals surface area contributed by atoms with Crippen LogP contribution in [0.1, 0.15) is 6.42 Å². The van der Waals surface area contributed by atoms with Gasteiger partial charge in [-0.05, 0) is 30.2 Å². The minimum absolute atomic E-state index is 0.328. The van der Waals surface area contributed by atoms with Crippen LogP contribution in [0.25, 0.3) is 27.7 Å². The number of likely N-dealkylation sites (tertiary alicyclic amines) is 1. The van der Waals surface area contributed by atoms with Gasteiger partial charge in [0.25, 0.3) is 6.43 Å². The first-order chi connectivity index (χ1) is 16.5. The van der Waals surface area contributed by atoms with E-state index in [-0.39, 0.29) is 6.04 Å². The van der Waals surface area contributed by atoms with Crippen LogP contribution in [0.4, 0.5) is 19.1 Å². The molecular weight excluding hydrogens is 449 g/mol. The van der Waals surface area contributed by atoms with Crippen molar-refractivity contribution in [2.45, 2.75) is 37.6 Å². The number of hydrogen-bond donors (Lipinski definition) is 1. The van der Waals surface area contributed by atoms with Crippen molar-refractivity contribution in [3.05, 3.63) is 36.7 Å². The molecule has 2 atom stereocenters. The van der Waals surface area contributed by atoms with Gasteiger partial charge < -0.3 is 10.1 Å². The molecule has 0 aliphatic carbocycles. The van der Waals surface area contributed by atoms with Gasteiger partial charge in [-0.15, -0.1) is 10.2 Å². The summed E-state index contributed by atoms with van der Waals surface area (Å²) >= 11 is 0. The summed E-state index contributed by atoms with van der Waals surface area (Å²) in [5.41, 5.74) is 3.48. The monoisotopic (exact) mass is 472 g/mol. The number of hydrogen-bond acceptors (Lipinski definition) is 7. The number of alkyl halides is 3. The molecule has 6 rings (SSSR count). The van der Waals surface area contributed by atoms with Crippen LogP contribution in [0.2, 0.25) is 0 Å². The summed E-state index contributed by atoms with van der Waals surface area (Å²) in [7, 11) is 0. The number of nitrogens with zero attached hydrogens (tertiary/aromatic N) is 7. The van der Waals surface area contributed by atoms with Gasteiger partial charge in [0.15, 0.2) is 0 Å². The minimum atomic E-state index is -2.52. The molecule has 0 spiro atoms. The highest BCUT2D eigenvalue weighted by Crippen LogP contribution is 2.28. The van der Waals surface area contributed by atoms with E-state index in [1.54, 1.807) is 29.0 Å². The Kier molecular flexibility index (Phi) is 5.33. The lowest BCUT2D eigenvalue weighted by Gasteiger charge is -2.42. The van der Waals surface area contributed by atoms with E-state index in [1.165, 1.54) is 4.68 Å². The number of nitrogens with one attached hydrogen (secondary N) is 1. The smallest absolute Gasteiger partial charge is 0.258 e. The number of rotatable bonds is 6. The largest absolute Gasteiger partial charge is 0.378 e. The summed E-state index contributed by atoms with van der Waals surface area (Å²) in [4.78, 5) is 6.56. The number of piperidine rings is 1. The van der Waals surface area contributed by atoms with Gasteiger partial charge in [-0.25, -0.2) is 27.4 Å².